The molecule has 29 heavy (non-hydrogen) atoms. The molecule has 0 saturated carbocycles. The summed E-state index contributed by atoms with van der Waals surface area (Å²) < 4.78 is 44.9. The van der Waals surface area contributed by atoms with Crippen molar-refractivity contribution in [1.82, 2.24) is 15.2 Å². The minimum absolute atomic E-state index is 0.411. The normalized spacial score (nSPS) is 18.0. The second kappa shape index (κ2) is 9.26. The topological polar surface area (TPSA) is 49.8 Å². The number of rotatable bonds is 4. The molecule has 0 bridgehead atoms. The standard InChI is InChI=1S/C21H25F3N4O/c1-3-25-20(26-13-18-9-4-6-15(2)27-18)28-10-11-29-19(14-28)16-7-5-8-17(12-16)21(22,23)24/h4-9,12,19H,3,10-11,13-14H2,1-2H3,(H,25,26). The number of aliphatic imine (C=N–C) groups is 1. The molecule has 0 aliphatic carbocycles. The summed E-state index contributed by atoms with van der Waals surface area (Å²) in [7, 11) is 0. The lowest BCUT2D eigenvalue weighted by Gasteiger charge is -2.35. The van der Waals surface area contributed by atoms with E-state index in [9.17, 15) is 13.2 Å². The van der Waals surface area contributed by atoms with Crippen LogP contribution in [-0.4, -0.2) is 42.1 Å². The van der Waals surface area contributed by atoms with Gasteiger partial charge >= 0.3 is 6.18 Å². The minimum atomic E-state index is -4.37. The molecule has 1 aromatic carbocycles. The Kier molecular flexibility index (Phi) is 6.74. The van der Waals surface area contributed by atoms with E-state index in [1.807, 2.05) is 36.9 Å². The Labute approximate surface area is 168 Å². The third-order valence-corrected chi connectivity index (χ3v) is 4.62. The first-order chi connectivity index (χ1) is 13.9. The minimum Gasteiger partial charge on any atom is -0.370 e. The number of morpholine rings is 1. The molecule has 156 valence electrons. The zero-order valence-corrected chi connectivity index (χ0v) is 16.5. The van der Waals surface area contributed by atoms with Gasteiger partial charge in [0.1, 0.15) is 6.10 Å². The molecule has 1 fully saturated rings. The van der Waals surface area contributed by atoms with Crippen molar-refractivity contribution in [3.8, 4) is 0 Å². The van der Waals surface area contributed by atoms with Crippen LogP contribution in [0, 0.1) is 6.92 Å². The van der Waals surface area contributed by atoms with Crippen LogP contribution in [0.25, 0.3) is 0 Å². The number of halogens is 3. The maximum Gasteiger partial charge on any atom is 0.416 e. The summed E-state index contributed by atoms with van der Waals surface area (Å²) in [5.74, 6) is 0.705. The average Bonchev–Trinajstić information content (AvgIpc) is 2.71. The number of pyridine rings is 1. The molecule has 1 N–H and O–H groups in total. The highest BCUT2D eigenvalue weighted by atomic mass is 19.4. The van der Waals surface area contributed by atoms with E-state index in [1.165, 1.54) is 6.07 Å². The van der Waals surface area contributed by atoms with Gasteiger partial charge in [-0.2, -0.15) is 13.2 Å². The molecule has 1 aromatic heterocycles. The highest BCUT2D eigenvalue weighted by molar-refractivity contribution is 5.80. The molecule has 0 radical (unpaired) electrons. The first kappa shape index (κ1) is 21.1. The highest BCUT2D eigenvalue weighted by Gasteiger charge is 2.32. The van der Waals surface area contributed by atoms with Crippen molar-refractivity contribution in [3.63, 3.8) is 0 Å². The summed E-state index contributed by atoms with van der Waals surface area (Å²) in [6.07, 6.45) is -4.83. The molecule has 0 spiro atoms. The number of hydrogen-bond donors (Lipinski definition) is 1. The number of alkyl halides is 3. The van der Waals surface area contributed by atoms with Gasteiger partial charge in [-0.15, -0.1) is 0 Å². The van der Waals surface area contributed by atoms with E-state index in [-0.39, 0.29) is 0 Å². The first-order valence-electron chi connectivity index (χ1n) is 9.61. The largest absolute Gasteiger partial charge is 0.416 e. The van der Waals surface area contributed by atoms with Crippen LogP contribution in [0.15, 0.2) is 47.5 Å². The SMILES string of the molecule is CCNC(=NCc1cccc(C)n1)N1CCOC(c2cccc(C(F)(F)F)c2)C1. The van der Waals surface area contributed by atoms with E-state index in [2.05, 4.69) is 15.3 Å². The molecule has 1 aliphatic heterocycles. The number of aryl methyl sites for hydroxylation is 1. The second-order valence-corrected chi connectivity index (χ2v) is 6.87. The van der Waals surface area contributed by atoms with Gasteiger partial charge in [0.05, 0.1) is 31.0 Å². The predicted molar refractivity (Wildman–Crippen MR) is 105 cm³/mol. The highest BCUT2D eigenvalue weighted by Crippen LogP contribution is 2.32. The van der Waals surface area contributed by atoms with E-state index in [4.69, 9.17) is 4.74 Å². The van der Waals surface area contributed by atoms with Crippen LogP contribution in [0.3, 0.4) is 0 Å². The molecule has 1 saturated heterocycles. The molecule has 2 aromatic rings. The van der Waals surface area contributed by atoms with Crippen LogP contribution >= 0.6 is 0 Å². The Balaban J connectivity index is 1.76. The molecular weight excluding hydrogens is 381 g/mol. The van der Waals surface area contributed by atoms with E-state index in [0.29, 0.717) is 44.3 Å². The van der Waals surface area contributed by atoms with Gasteiger partial charge < -0.3 is 15.0 Å². The number of ether oxygens (including phenoxy) is 1. The molecule has 3 rings (SSSR count). The number of hydrogen-bond acceptors (Lipinski definition) is 3. The fourth-order valence-electron chi connectivity index (χ4n) is 3.23. The van der Waals surface area contributed by atoms with Gasteiger partial charge in [-0.25, -0.2) is 4.99 Å². The van der Waals surface area contributed by atoms with Crippen molar-refractivity contribution in [2.45, 2.75) is 32.7 Å². The Bertz CT molecular complexity index is 854. The van der Waals surface area contributed by atoms with Gasteiger partial charge in [0.15, 0.2) is 5.96 Å². The Morgan fingerprint density at radius 2 is 2.07 bits per heavy atom. The summed E-state index contributed by atoms with van der Waals surface area (Å²) >= 11 is 0. The van der Waals surface area contributed by atoms with Crippen molar-refractivity contribution in [3.05, 3.63) is 65.0 Å². The van der Waals surface area contributed by atoms with Crippen LogP contribution in [-0.2, 0) is 17.5 Å². The van der Waals surface area contributed by atoms with Crippen molar-refractivity contribution in [2.24, 2.45) is 4.99 Å². The smallest absolute Gasteiger partial charge is 0.370 e. The first-order valence-corrected chi connectivity index (χ1v) is 9.61. The second-order valence-electron chi connectivity index (χ2n) is 6.87. The third-order valence-electron chi connectivity index (χ3n) is 4.62. The molecule has 1 unspecified atom stereocenters. The molecule has 8 heteroatoms. The lowest BCUT2D eigenvalue weighted by molar-refractivity contribution is -0.137. The Hall–Kier alpha value is -2.61. The molecule has 5 nitrogen and oxygen atoms in total. The summed E-state index contributed by atoms with van der Waals surface area (Å²) in [5.41, 5.74) is 1.64. The van der Waals surface area contributed by atoms with E-state index < -0.39 is 17.8 Å². The summed E-state index contributed by atoms with van der Waals surface area (Å²) in [6, 6.07) is 11.1. The van der Waals surface area contributed by atoms with Gasteiger partial charge in [0.2, 0.25) is 0 Å². The van der Waals surface area contributed by atoms with Crippen LogP contribution < -0.4 is 5.32 Å². The van der Waals surface area contributed by atoms with Gasteiger partial charge in [-0.3, -0.25) is 4.98 Å². The number of nitrogens with zero attached hydrogens (tertiary/aromatic N) is 3. The van der Waals surface area contributed by atoms with Crippen LogP contribution in [0.5, 0.6) is 0 Å². The Morgan fingerprint density at radius 1 is 1.28 bits per heavy atom. The molecule has 0 amide bonds. The number of benzene rings is 1. The monoisotopic (exact) mass is 406 g/mol. The summed E-state index contributed by atoms with van der Waals surface area (Å²) in [4.78, 5) is 11.1. The predicted octanol–water partition coefficient (Wildman–Crippen LogP) is 3.95. The van der Waals surface area contributed by atoms with Gasteiger partial charge in [0.25, 0.3) is 0 Å². The zero-order chi connectivity index (χ0) is 20.9. The van der Waals surface area contributed by atoms with Crippen LogP contribution in [0.4, 0.5) is 13.2 Å². The molecule has 1 atom stereocenters. The van der Waals surface area contributed by atoms with E-state index in [1.54, 1.807) is 6.07 Å². The fourth-order valence-corrected chi connectivity index (χ4v) is 3.23. The average molecular weight is 406 g/mol. The van der Waals surface area contributed by atoms with Crippen LogP contribution in [0.1, 0.15) is 35.5 Å². The van der Waals surface area contributed by atoms with E-state index >= 15 is 0 Å². The Morgan fingerprint density at radius 3 is 2.79 bits per heavy atom. The molecule has 2 heterocycles. The fraction of sp³-hybridized carbons (Fsp3) is 0.429. The number of nitrogens with one attached hydrogen (secondary N) is 1. The quantitative estimate of drug-likeness (QED) is 0.617. The number of guanidine groups is 1. The van der Waals surface area contributed by atoms with Crippen molar-refractivity contribution < 1.29 is 17.9 Å². The maximum atomic E-state index is 13.0. The maximum absolute atomic E-state index is 13.0. The summed E-state index contributed by atoms with van der Waals surface area (Å²) in [6.45, 7) is 6.47. The van der Waals surface area contributed by atoms with Crippen LogP contribution in [0.2, 0.25) is 0 Å². The third kappa shape index (κ3) is 5.69. The van der Waals surface area contributed by atoms with Gasteiger partial charge in [0, 0.05) is 18.8 Å². The van der Waals surface area contributed by atoms with Gasteiger partial charge in [-0.05, 0) is 43.7 Å². The number of aromatic nitrogens is 1. The molecular formula is C21H25F3N4O. The lowest BCUT2D eigenvalue weighted by Crippen LogP contribution is -2.48. The lowest BCUT2D eigenvalue weighted by atomic mass is 10.0. The van der Waals surface area contributed by atoms with Gasteiger partial charge in [-0.1, -0.05) is 18.2 Å². The van der Waals surface area contributed by atoms with E-state index in [0.717, 1.165) is 23.5 Å². The molecule has 1 aliphatic rings. The summed E-state index contributed by atoms with van der Waals surface area (Å²) in [5, 5.41) is 3.26. The zero-order valence-electron chi connectivity index (χ0n) is 16.5. The van der Waals surface area contributed by atoms with Crippen molar-refractivity contribution in [2.75, 3.05) is 26.2 Å². The van der Waals surface area contributed by atoms with Crippen molar-refractivity contribution >= 4 is 5.96 Å². The van der Waals surface area contributed by atoms with Crippen molar-refractivity contribution in [1.29, 1.82) is 0 Å².